The molecule has 12 heavy (non-hydrogen) atoms. The van der Waals surface area contributed by atoms with Crippen LogP contribution in [0.4, 0.5) is 18.9 Å². The summed E-state index contributed by atoms with van der Waals surface area (Å²) >= 11 is 1.25. The van der Waals surface area contributed by atoms with Gasteiger partial charge in [0.15, 0.2) is 0 Å². The van der Waals surface area contributed by atoms with Crippen molar-refractivity contribution in [1.29, 1.82) is 0 Å². The molecule has 1 aromatic rings. The summed E-state index contributed by atoms with van der Waals surface area (Å²) in [6.07, 6.45) is -5.09. The van der Waals surface area contributed by atoms with Gasteiger partial charge >= 0.3 is 6.18 Å². The van der Waals surface area contributed by atoms with E-state index in [1.165, 1.54) is 16.7 Å². The molecule has 0 atom stereocenters. The highest BCUT2D eigenvalue weighted by atomic mass is 32.1. The smallest absolute Gasteiger partial charge is 0.393 e. The largest absolute Gasteiger partial charge is 0.398 e. The van der Waals surface area contributed by atoms with Gasteiger partial charge in [0.05, 0.1) is 6.42 Å². The Kier molecular flexibility index (Phi) is 2.32. The highest BCUT2D eigenvalue weighted by molar-refractivity contribution is 7.10. The van der Waals surface area contributed by atoms with Crippen molar-refractivity contribution in [1.82, 2.24) is 0 Å². The van der Waals surface area contributed by atoms with E-state index in [9.17, 15) is 13.2 Å². The van der Waals surface area contributed by atoms with Gasteiger partial charge in [-0.2, -0.15) is 13.2 Å². The van der Waals surface area contributed by atoms with Crippen molar-refractivity contribution in [3.8, 4) is 0 Å². The Bertz CT molecular complexity index is 257. The second kappa shape index (κ2) is 2.97. The van der Waals surface area contributed by atoms with Gasteiger partial charge in [0.2, 0.25) is 0 Å². The van der Waals surface area contributed by atoms with Crippen LogP contribution in [0.2, 0.25) is 0 Å². The van der Waals surface area contributed by atoms with Crippen LogP contribution < -0.4 is 5.73 Å². The summed E-state index contributed by atoms with van der Waals surface area (Å²) in [4.78, 5) is 0.643. The average Bonchev–Trinajstić information content (AvgIpc) is 2.16. The van der Waals surface area contributed by atoms with Gasteiger partial charge < -0.3 is 5.73 Å². The predicted molar refractivity (Wildman–Crippen MR) is 43.2 cm³/mol. The summed E-state index contributed by atoms with van der Waals surface area (Å²) in [7, 11) is 0. The molecule has 0 aliphatic heterocycles. The number of anilines is 1. The van der Waals surface area contributed by atoms with Crippen molar-refractivity contribution in [3.05, 3.63) is 15.8 Å². The maximum Gasteiger partial charge on any atom is 0.393 e. The molecule has 1 aromatic heterocycles. The third-order valence-electron chi connectivity index (χ3n) is 1.51. The summed E-state index contributed by atoms with van der Waals surface area (Å²) < 4.78 is 35.8. The number of thiophene rings is 1. The first-order chi connectivity index (χ1) is 5.40. The molecule has 0 aliphatic carbocycles. The Morgan fingerprint density at radius 3 is 2.42 bits per heavy atom. The molecule has 0 saturated heterocycles. The number of halogens is 3. The minimum absolute atomic E-state index is 0.215. The lowest BCUT2D eigenvalue weighted by atomic mass is 10.1. The third-order valence-corrected chi connectivity index (χ3v) is 2.49. The second-order valence-electron chi connectivity index (χ2n) is 2.52. The Morgan fingerprint density at radius 2 is 2.08 bits per heavy atom. The summed E-state index contributed by atoms with van der Waals surface area (Å²) in [5.41, 5.74) is 5.82. The highest BCUT2D eigenvalue weighted by Crippen LogP contribution is 2.30. The molecule has 2 N–H and O–H groups in total. The molecule has 0 saturated carbocycles. The fraction of sp³-hybridized carbons (Fsp3) is 0.429. The Hall–Kier alpha value is -0.710. The van der Waals surface area contributed by atoms with Gasteiger partial charge in [0.1, 0.15) is 0 Å². The van der Waals surface area contributed by atoms with Gasteiger partial charge in [-0.1, -0.05) is 0 Å². The van der Waals surface area contributed by atoms with E-state index in [1.807, 2.05) is 0 Å². The van der Waals surface area contributed by atoms with E-state index in [-0.39, 0.29) is 11.3 Å². The number of nitrogen functional groups attached to an aromatic ring is 1. The van der Waals surface area contributed by atoms with Crippen LogP contribution in [-0.4, -0.2) is 6.18 Å². The molecule has 0 radical (unpaired) electrons. The number of hydrogen-bond acceptors (Lipinski definition) is 2. The van der Waals surface area contributed by atoms with Crippen molar-refractivity contribution in [2.24, 2.45) is 0 Å². The fourth-order valence-corrected chi connectivity index (χ4v) is 1.70. The predicted octanol–water partition coefficient (Wildman–Crippen LogP) is 2.74. The minimum atomic E-state index is -4.17. The quantitative estimate of drug-likeness (QED) is 0.732. The first-order valence-corrected chi connectivity index (χ1v) is 4.17. The first kappa shape index (κ1) is 9.38. The molecule has 0 aromatic carbocycles. The zero-order valence-corrected chi connectivity index (χ0v) is 7.22. The number of aryl methyl sites for hydroxylation is 1. The van der Waals surface area contributed by atoms with Gasteiger partial charge in [0, 0.05) is 15.9 Å². The van der Waals surface area contributed by atoms with Crippen LogP contribution in [0.15, 0.2) is 5.38 Å². The lowest BCUT2D eigenvalue weighted by Crippen LogP contribution is -2.12. The van der Waals surface area contributed by atoms with Crippen LogP contribution in [0, 0.1) is 6.92 Å². The molecule has 1 heterocycles. The Balaban J connectivity index is 2.88. The van der Waals surface area contributed by atoms with E-state index in [0.29, 0.717) is 4.88 Å². The monoisotopic (exact) mass is 195 g/mol. The van der Waals surface area contributed by atoms with Crippen LogP contribution >= 0.6 is 11.3 Å². The molecule has 0 unspecified atom stereocenters. The van der Waals surface area contributed by atoms with E-state index < -0.39 is 12.6 Å². The second-order valence-corrected chi connectivity index (χ2v) is 3.60. The van der Waals surface area contributed by atoms with E-state index in [1.54, 1.807) is 6.92 Å². The van der Waals surface area contributed by atoms with Crippen molar-refractivity contribution >= 4 is 17.0 Å². The third kappa shape index (κ3) is 2.14. The van der Waals surface area contributed by atoms with Gasteiger partial charge in [-0.05, 0) is 12.5 Å². The molecule has 0 fully saturated rings. The van der Waals surface area contributed by atoms with E-state index in [0.717, 1.165) is 0 Å². The van der Waals surface area contributed by atoms with Crippen LogP contribution in [0.3, 0.4) is 0 Å². The maximum absolute atomic E-state index is 11.9. The molecule has 0 amide bonds. The number of nitrogens with two attached hydrogens (primary N) is 1. The standard InChI is InChI=1S/C7H8F3NS/c1-4-5(2-7(8,9)10)6(11)3-12-4/h3H,2,11H2,1H3. The molecular formula is C7H8F3NS. The molecule has 5 heteroatoms. The number of alkyl halides is 3. The van der Waals surface area contributed by atoms with Gasteiger partial charge in [0.25, 0.3) is 0 Å². The molecule has 0 bridgehead atoms. The van der Waals surface area contributed by atoms with Gasteiger partial charge in [-0.15, -0.1) is 11.3 Å². The maximum atomic E-state index is 11.9. The zero-order valence-electron chi connectivity index (χ0n) is 6.40. The van der Waals surface area contributed by atoms with E-state index >= 15 is 0 Å². The SMILES string of the molecule is Cc1scc(N)c1CC(F)(F)F. The first-order valence-electron chi connectivity index (χ1n) is 3.29. The lowest BCUT2D eigenvalue weighted by molar-refractivity contribution is -0.127. The molecule has 1 rings (SSSR count). The van der Waals surface area contributed by atoms with Crippen LogP contribution in [0.25, 0.3) is 0 Å². The zero-order chi connectivity index (χ0) is 9.35. The molecule has 0 spiro atoms. The summed E-state index contributed by atoms with van der Waals surface area (Å²) in [6.45, 7) is 1.64. The number of rotatable bonds is 1. The van der Waals surface area contributed by atoms with Crippen molar-refractivity contribution < 1.29 is 13.2 Å². The Morgan fingerprint density at radius 1 is 1.50 bits per heavy atom. The van der Waals surface area contributed by atoms with Gasteiger partial charge in [-0.3, -0.25) is 0 Å². The van der Waals surface area contributed by atoms with Crippen LogP contribution in [0.5, 0.6) is 0 Å². The minimum Gasteiger partial charge on any atom is -0.398 e. The molecular weight excluding hydrogens is 187 g/mol. The number of hydrogen-bond donors (Lipinski definition) is 1. The van der Waals surface area contributed by atoms with Crippen LogP contribution in [-0.2, 0) is 6.42 Å². The summed E-state index contributed by atoms with van der Waals surface area (Å²) in [5, 5.41) is 1.54. The fourth-order valence-electron chi connectivity index (χ4n) is 0.924. The molecule has 68 valence electrons. The van der Waals surface area contributed by atoms with Crippen LogP contribution in [0.1, 0.15) is 10.4 Å². The molecule has 0 aliphatic rings. The topological polar surface area (TPSA) is 26.0 Å². The van der Waals surface area contributed by atoms with Gasteiger partial charge in [-0.25, -0.2) is 0 Å². The summed E-state index contributed by atoms with van der Waals surface area (Å²) in [6, 6.07) is 0. The normalized spacial score (nSPS) is 12.0. The summed E-state index contributed by atoms with van der Waals surface area (Å²) in [5.74, 6) is 0. The molecule has 1 nitrogen and oxygen atoms in total. The average molecular weight is 195 g/mol. The van der Waals surface area contributed by atoms with Crippen molar-refractivity contribution in [3.63, 3.8) is 0 Å². The van der Waals surface area contributed by atoms with Crippen molar-refractivity contribution in [2.75, 3.05) is 5.73 Å². The van der Waals surface area contributed by atoms with Crippen molar-refractivity contribution in [2.45, 2.75) is 19.5 Å². The lowest BCUT2D eigenvalue weighted by Gasteiger charge is -2.06. The van der Waals surface area contributed by atoms with E-state index in [2.05, 4.69) is 0 Å². The highest BCUT2D eigenvalue weighted by Gasteiger charge is 2.29. The Labute approximate surface area is 72.0 Å². The van der Waals surface area contributed by atoms with E-state index in [4.69, 9.17) is 5.73 Å².